The summed E-state index contributed by atoms with van der Waals surface area (Å²) < 4.78 is 5.43. The van der Waals surface area contributed by atoms with Crippen LogP contribution in [0.4, 0.5) is 5.69 Å². The zero-order valence-electron chi connectivity index (χ0n) is 15.1. The van der Waals surface area contributed by atoms with Crippen LogP contribution in [-0.2, 0) is 4.79 Å². The predicted molar refractivity (Wildman–Crippen MR) is 100 cm³/mol. The molecule has 0 N–H and O–H groups in total. The van der Waals surface area contributed by atoms with Gasteiger partial charge in [-0.05, 0) is 45.0 Å². The van der Waals surface area contributed by atoms with Gasteiger partial charge < -0.3 is 14.5 Å². The molecule has 1 aromatic carbocycles. The minimum atomic E-state index is 0.0213. The summed E-state index contributed by atoms with van der Waals surface area (Å²) in [6.45, 7) is 4.20. The van der Waals surface area contributed by atoms with E-state index in [1.165, 1.54) is 10.6 Å². The number of carbonyl (C=O) groups excluding carboxylic acids is 1. The van der Waals surface area contributed by atoms with Crippen molar-refractivity contribution in [2.45, 2.75) is 42.4 Å². The third-order valence-electron chi connectivity index (χ3n) is 4.87. The summed E-state index contributed by atoms with van der Waals surface area (Å²) in [5, 5.41) is 0.388. The first-order valence-corrected chi connectivity index (χ1v) is 9.66. The average Bonchev–Trinajstić information content (AvgIpc) is 2.53. The normalized spacial score (nSPS) is 24.5. The third-order valence-corrected chi connectivity index (χ3v) is 6.26. The number of benzene rings is 1. The number of hydrogen-bond acceptors (Lipinski definition) is 5. The average molecular weight is 349 g/mol. The molecule has 1 fully saturated rings. The largest absolute Gasteiger partial charge is 0.497 e. The van der Waals surface area contributed by atoms with Crippen molar-refractivity contribution < 1.29 is 9.53 Å². The molecule has 1 aromatic rings. The summed E-state index contributed by atoms with van der Waals surface area (Å²) >= 11 is 1.88. The van der Waals surface area contributed by atoms with Crippen molar-refractivity contribution in [1.82, 2.24) is 4.90 Å². The zero-order chi connectivity index (χ0) is 17.3. The third kappa shape index (κ3) is 3.57. The first-order valence-electron chi connectivity index (χ1n) is 8.78. The van der Waals surface area contributed by atoms with Crippen molar-refractivity contribution in [1.29, 1.82) is 0 Å². The number of Topliss-reactive ketones (excluding diaryl/α,β-unsaturated/α-hetero) is 1. The minimum absolute atomic E-state index is 0.0213. The predicted octanol–water partition coefficient (Wildman–Crippen LogP) is 3.30. The fourth-order valence-electron chi connectivity index (χ4n) is 3.98. The van der Waals surface area contributed by atoms with Crippen LogP contribution in [0.15, 0.2) is 23.1 Å². The number of anilines is 1. The maximum atomic E-state index is 12.7. The van der Waals surface area contributed by atoms with Gasteiger partial charge in [-0.15, -0.1) is 11.8 Å². The molecule has 5 heteroatoms. The number of nitrogens with zero attached hydrogens (tertiary/aromatic N) is 2. The highest BCUT2D eigenvalue weighted by atomic mass is 32.2. The smallest absolute Gasteiger partial charge is 0.156 e. The molecule has 1 aliphatic heterocycles. The second-order valence-electron chi connectivity index (χ2n) is 7.31. The summed E-state index contributed by atoms with van der Waals surface area (Å²) in [7, 11) is 5.91. The Balaban J connectivity index is 1.95. The molecule has 3 atom stereocenters. The van der Waals surface area contributed by atoms with Crippen molar-refractivity contribution in [3.8, 4) is 5.75 Å². The van der Waals surface area contributed by atoms with Crippen LogP contribution >= 0.6 is 11.8 Å². The highest BCUT2D eigenvalue weighted by Gasteiger charge is 2.41. The van der Waals surface area contributed by atoms with Crippen LogP contribution in [0.1, 0.15) is 26.2 Å². The highest BCUT2D eigenvalue weighted by Crippen LogP contribution is 2.47. The van der Waals surface area contributed by atoms with Gasteiger partial charge in [-0.3, -0.25) is 4.79 Å². The Morgan fingerprint density at radius 2 is 2.21 bits per heavy atom. The van der Waals surface area contributed by atoms with E-state index in [1.54, 1.807) is 7.11 Å². The Morgan fingerprint density at radius 1 is 1.42 bits per heavy atom. The molecule has 4 nitrogen and oxygen atoms in total. The zero-order valence-corrected chi connectivity index (χ0v) is 15.9. The molecular formula is C19H28N2O2S. The number of ketones is 1. The van der Waals surface area contributed by atoms with Gasteiger partial charge in [-0.1, -0.05) is 6.92 Å². The number of hydrogen-bond donors (Lipinski definition) is 0. The van der Waals surface area contributed by atoms with E-state index in [4.69, 9.17) is 4.74 Å². The summed E-state index contributed by atoms with van der Waals surface area (Å²) in [5.41, 5.74) is 1.17. The first kappa shape index (κ1) is 17.6. The van der Waals surface area contributed by atoms with Gasteiger partial charge in [0, 0.05) is 35.7 Å². The van der Waals surface area contributed by atoms with Crippen molar-refractivity contribution in [2.24, 2.45) is 5.92 Å². The SMILES string of the molecule is COc1ccc2c(c1)N(C[C@H](C)CN(C)C)C1C(=O)CCCC1S2. The highest BCUT2D eigenvalue weighted by molar-refractivity contribution is 8.00. The van der Waals surface area contributed by atoms with Gasteiger partial charge in [0.25, 0.3) is 0 Å². The van der Waals surface area contributed by atoms with Crippen molar-refractivity contribution in [2.75, 3.05) is 39.2 Å². The molecule has 1 saturated carbocycles. The van der Waals surface area contributed by atoms with E-state index in [1.807, 2.05) is 17.8 Å². The van der Waals surface area contributed by atoms with E-state index < -0.39 is 0 Å². The van der Waals surface area contributed by atoms with Crippen LogP contribution in [0.3, 0.4) is 0 Å². The fraction of sp³-hybridized carbons (Fsp3) is 0.632. The van der Waals surface area contributed by atoms with E-state index in [0.717, 1.165) is 38.1 Å². The maximum absolute atomic E-state index is 12.7. The molecule has 3 rings (SSSR count). The molecule has 0 spiro atoms. The van der Waals surface area contributed by atoms with E-state index in [9.17, 15) is 4.79 Å². The van der Waals surface area contributed by atoms with Gasteiger partial charge in [0.1, 0.15) is 5.75 Å². The lowest BCUT2D eigenvalue weighted by Crippen LogP contribution is -2.54. The van der Waals surface area contributed by atoms with Crippen molar-refractivity contribution in [3.05, 3.63) is 18.2 Å². The lowest BCUT2D eigenvalue weighted by atomic mass is 9.90. The van der Waals surface area contributed by atoms with Crippen LogP contribution < -0.4 is 9.64 Å². The molecule has 0 bridgehead atoms. The lowest BCUT2D eigenvalue weighted by Gasteiger charge is -2.45. The molecule has 132 valence electrons. The lowest BCUT2D eigenvalue weighted by molar-refractivity contribution is -0.121. The number of methoxy groups -OCH3 is 1. The van der Waals surface area contributed by atoms with E-state index >= 15 is 0 Å². The maximum Gasteiger partial charge on any atom is 0.156 e. The Kier molecular flexibility index (Phi) is 5.40. The number of ether oxygens (including phenoxy) is 1. The van der Waals surface area contributed by atoms with Gasteiger partial charge in [0.05, 0.1) is 18.8 Å². The second kappa shape index (κ2) is 7.36. The fourth-order valence-corrected chi connectivity index (χ4v) is 5.46. The summed E-state index contributed by atoms with van der Waals surface area (Å²) in [4.78, 5) is 18.6. The minimum Gasteiger partial charge on any atom is -0.497 e. The van der Waals surface area contributed by atoms with Crippen LogP contribution in [-0.4, -0.2) is 56.3 Å². The molecule has 24 heavy (non-hydrogen) atoms. The molecule has 0 amide bonds. The van der Waals surface area contributed by atoms with Gasteiger partial charge >= 0.3 is 0 Å². The quantitative estimate of drug-likeness (QED) is 0.815. The van der Waals surface area contributed by atoms with Gasteiger partial charge in [-0.25, -0.2) is 0 Å². The Morgan fingerprint density at radius 3 is 2.92 bits per heavy atom. The monoisotopic (exact) mass is 348 g/mol. The number of rotatable bonds is 5. The number of carbonyl (C=O) groups is 1. The first-order chi connectivity index (χ1) is 11.5. The van der Waals surface area contributed by atoms with Gasteiger partial charge in [0.2, 0.25) is 0 Å². The van der Waals surface area contributed by atoms with Gasteiger partial charge in [0.15, 0.2) is 5.78 Å². The molecule has 0 radical (unpaired) electrons. The van der Waals surface area contributed by atoms with Crippen LogP contribution in [0.25, 0.3) is 0 Å². The van der Waals surface area contributed by atoms with Crippen molar-refractivity contribution in [3.63, 3.8) is 0 Å². The standard InChI is InChI=1S/C19H28N2O2S/c1-13(11-20(2)3)12-21-15-10-14(23-4)8-9-17(15)24-18-7-5-6-16(22)19(18)21/h8-10,13,18-19H,5-7,11-12H2,1-4H3/t13-,18?,19?/m1/s1. The second-order valence-corrected chi connectivity index (χ2v) is 8.59. The van der Waals surface area contributed by atoms with Crippen LogP contribution in [0, 0.1) is 5.92 Å². The number of thioether (sulfide) groups is 1. The Labute approximate surface area is 149 Å². The summed E-state index contributed by atoms with van der Waals surface area (Å²) in [5.74, 6) is 1.77. The molecule has 0 aromatic heterocycles. The number of fused-ring (bicyclic) bond motifs is 2. The van der Waals surface area contributed by atoms with Crippen molar-refractivity contribution >= 4 is 23.2 Å². The van der Waals surface area contributed by atoms with E-state index in [0.29, 0.717) is 17.0 Å². The summed E-state index contributed by atoms with van der Waals surface area (Å²) in [6, 6.07) is 6.30. The van der Waals surface area contributed by atoms with E-state index in [2.05, 4.69) is 43.0 Å². The molecule has 0 saturated heterocycles. The van der Waals surface area contributed by atoms with E-state index in [-0.39, 0.29) is 6.04 Å². The summed E-state index contributed by atoms with van der Waals surface area (Å²) in [6.07, 6.45) is 2.88. The van der Waals surface area contributed by atoms with Crippen LogP contribution in [0.2, 0.25) is 0 Å². The molecule has 2 aliphatic rings. The molecular weight excluding hydrogens is 320 g/mol. The van der Waals surface area contributed by atoms with Crippen LogP contribution in [0.5, 0.6) is 5.75 Å². The Bertz CT molecular complexity index is 605. The van der Waals surface area contributed by atoms with Gasteiger partial charge in [-0.2, -0.15) is 0 Å². The topological polar surface area (TPSA) is 32.8 Å². The molecule has 2 unspecified atom stereocenters. The Hall–Kier alpha value is -1.20. The molecule has 1 heterocycles. The molecule has 1 aliphatic carbocycles.